The van der Waals surface area contributed by atoms with Gasteiger partial charge in [0.15, 0.2) is 11.6 Å². The Labute approximate surface area is 397 Å². The molecule has 0 aromatic rings. The number of rotatable bonds is 9. The second-order valence-corrected chi connectivity index (χ2v) is 20.6. The summed E-state index contributed by atoms with van der Waals surface area (Å²) in [7, 11) is 0. The van der Waals surface area contributed by atoms with Crippen molar-refractivity contribution in [2.24, 2.45) is 23.7 Å². The van der Waals surface area contributed by atoms with E-state index in [1.165, 1.54) is 34.6 Å². The van der Waals surface area contributed by atoms with Crippen molar-refractivity contribution in [3.63, 3.8) is 0 Å². The largest absolute Gasteiger partial charge is 0.458 e. The van der Waals surface area contributed by atoms with E-state index in [1.54, 1.807) is 0 Å². The van der Waals surface area contributed by atoms with Crippen LogP contribution < -0.4 is 16.2 Å². The van der Waals surface area contributed by atoms with Crippen LogP contribution in [0.2, 0.25) is 0 Å². The van der Waals surface area contributed by atoms with Gasteiger partial charge in [0.1, 0.15) is 36.3 Å². The summed E-state index contributed by atoms with van der Waals surface area (Å²) >= 11 is 0. The van der Waals surface area contributed by atoms with Gasteiger partial charge in [0.2, 0.25) is 11.7 Å². The van der Waals surface area contributed by atoms with Gasteiger partial charge in [-0.05, 0) is 83.0 Å². The standard InChI is InChI=1S/C45H76N8O15/c1-11-25(7)20-27-15-16-45(64,68-31(27)12-2)44(10,63)42(61)48-32-34(24(5)6)67-41(60)33(23(3)4)53(66)40(59)35-43(9,62)17-19-49(35)37(56)30-21-28(54)22-47-51(30)36(55)26(8)52(65)38(57)29-14-13-18-46-50(29)39(32)58/h23-35,46-47,54,62-66H,11-22H2,1-10H3,(H,48,61)/t25-,26-,27+,28+,29+,30+,31+,32-,33-,34-,35+,43+,44+,45+/m0/s1/i15+1,18+1,22+1,37+1,38+1,45+1. The summed E-state index contributed by atoms with van der Waals surface area (Å²) in [6, 6.07) is -10.6. The Morgan fingerprint density at radius 3 is 2.13 bits per heavy atom. The van der Waals surface area contributed by atoms with Crippen LogP contribution in [-0.2, 0) is 43.0 Å². The molecule has 14 atom stereocenters. The number of hydrogen-bond donors (Lipinski definition) is 9. The van der Waals surface area contributed by atoms with Crippen LogP contribution in [0.15, 0.2) is 0 Å². The number of amides is 6. The van der Waals surface area contributed by atoms with Gasteiger partial charge in [0.05, 0.1) is 17.8 Å². The summed E-state index contributed by atoms with van der Waals surface area (Å²) in [5.41, 5.74) is 0.710. The third kappa shape index (κ3) is 10.8. The number of aliphatic hydroxyl groups is 4. The summed E-state index contributed by atoms with van der Waals surface area (Å²) in [5.74, 6) is -12.1. The van der Waals surface area contributed by atoms with E-state index < -0.39 is 125 Å². The molecule has 0 aromatic carbocycles. The molecular formula is C45H76N8O15. The van der Waals surface area contributed by atoms with E-state index >= 15 is 4.79 Å². The molecule has 6 amide bonds. The molecule has 5 rings (SSSR count). The van der Waals surface area contributed by atoms with Crippen LogP contribution in [-0.4, -0.2) is 188 Å². The number of nitrogens with one attached hydrogen (secondary N) is 3. The van der Waals surface area contributed by atoms with E-state index in [1.807, 2.05) is 6.92 Å². The fourth-order valence-electron chi connectivity index (χ4n) is 10.1. The van der Waals surface area contributed by atoms with E-state index in [-0.39, 0.29) is 67.8 Å². The van der Waals surface area contributed by atoms with Crippen LogP contribution in [0, 0.1) is 23.7 Å². The maximum atomic E-state index is 15.1. The first-order valence-corrected chi connectivity index (χ1v) is 24.2. The van der Waals surface area contributed by atoms with E-state index in [0.29, 0.717) is 18.8 Å². The smallest absolute Gasteiger partial charge is 0.332 e. The Balaban J connectivity index is 1.62. The zero-order valence-electron chi connectivity index (χ0n) is 41.1. The number of aliphatic hydroxyl groups excluding tert-OH is 1. The number of hydrazine groups is 2. The Hall–Kier alpha value is -4.07. The lowest BCUT2D eigenvalue weighted by molar-refractivity contribution is -0.329. The molecule has 5 heterocycles. The summed E-state index contributed by atoms with van der Waals surface area (Å²) < 4.78 is 12.2. The maximum Gasteiger partial charge on any atom is 0.332 e. The third-order valence-corrected chi connectivity index (χ3v) is 14.7. The molecule has 5 saturated heterocycles. The van der Waals surface area contributed by atoms with Gasteiger partial charge in [0.25, 0.3) is 29.5 Å². The van der Waals surface area contributed by atoms with Gasteiger partial charge >= 0.3 is 5.97 Å². The second kappa shape index (κ2) is 21.5. The van der Waals surface area contributed by atoms with Crippen molar-refractivity contribution in [3.8, 4) is 0 Å². The van der Waals surface area contributed by atoms with Crippen molar-refractivity contribution in [2.45, 2.75) is 199 Å². The topological polar surface area (TPSA) is 312 Å². The summed E-state index contributed by atoms with van der Waals surface area (Å²) in [6.45, 7) is 15.0. The van der Waals surface area contributed by atoms with Crippen LogP contribution >= 0.6 is 0 Å². The molecule has 5 aliphatic heterocycles. The first-order chi connectivity index (χ1) is 31.6. The van der Waals surface area contributed by atoms with Crippen molar-refractivity contribution in [1.82, 2.24) is 41.2 Å². The predicted octanol–water partition coefficient (Wildman–Crippen LogP) is -0.704. The molecule has 5 aliphatic rings. The minimum atomic E-state index is -2.76. The van der Waals surface area contributed by atoms with Crippen molar-refractivity contribution in [1.29, 1.82) is 0 Å². The lowest BCUT2D eigenvalue weighted by atomic mass is 9.90. The van der Waals surface area contributed by atoms with Gasteiger partial charge in [-0.25, -0.2) is 25.8 Å². The molecule has 23 heteroatoms. The zero-order chi connectivity index (χ0) is 51.0. The molecule has 0 radical (unpaired) electrons. The fraction of sp³-hybridized carbons (Fsp3) is 0.844. The summed E-state index contributed by atoms with van der Waals surface area (Å²) in [4.78, 5) is 103. The molecule has 0 saturated carbocycles. The van der Waals surface area contributed by atoms with Gasteiger partial charge in [-0.1, -0.05) is 54.9 Å². The number of hydroxylamine groups is 4. The highest BCUT2D eigenvalue weighted by Crippen LogP contribution is 2.42. The van der Waals surface area contributed by atoms with Crippen LogP contribution in [0.25, 0.3) is 0 Å². The maximum absolute atomic E-state index is 15.1. The monoisotopic (exact) mass is 975 g/mol. The molecule has 0 bridgehead atoms. The van der Waals surface area contributed by atoms with Gasteiger partial charge < -0.3 is 40.1 Å². The first kappa shape index (κ1) is 54.9. The Kier molecular flexibility index (Phi) is 17.4. The number of nitrogens with zero attached hydrogens (tertiary/aromatic N) is 5. The second-order valence-electron chi connectivity index (χ2n) is 20.6. The van der Waals surface area contributed by atoms with Crippen molar-refractivity contribution in [2.75, 3.05) is 19.6 Å². The quantitative estimate of drug-likeness (QED) is 0.0784. The number of hydrogen-bond acceptors (Lipinski definition) is 17. The van der Waals surface area contributed by atoms with E-state index in [2.05, 4.69) is 30.0 Å². The van der Waals surface area contributed by atoms with Gasteiger partial charge in [0, 0.05) is 32.5 Å². The third-order valence-electron chi connectivity index (χ3n) is 14.7. The van der Waals surface area contributed by atoms with E-state index in [9.17, 15) is 59.6 Å². The molecule has 0 spiro atoms. The van der Waals surface area contributed by atoms with E-state index in [0.717, 1.165) is 41.6 Å². The average Bonchev–Trinajstić information content (AvgIpc) is 3.62. The first-order valence-electron chi connectivity index (χ1n) is 24.2. The SMILES string of the molecule is CC[C@H](C)C[C@H]1[13CH2]C[13C@](O)([C@](C)(O)C(=O)N[C@@H]2C(=O)N3N[13CH2]CC[C@@H]3[13C](=O)N(O)[C@@H](C)C(=O)N3N[13CH2][C@H](O)C[C@@H]3[13C](=O)N3CC[C@@](C)(O)[C@H]3C(=O)N(O)[C@@H](C(C)C)C(=O)O[C@H]2C(C)C)O[C@@H]1CC. The molecule has 5 fully saturated rings. The minimum Gasteiger partial charge on any atom is -0.458 e. The predicted molar refractivity (Wildman–Crippen MR) is 237 cm³/mol. The van der Waals surface area contributed by atoms with Crippen LogP contribution in [0.3, 0.4) is 0 Å². The fourth-order valence-corrected chi connectivity index (χ4v) is 10.1. The molecule has 9 N–H and O–H groups in total. The minimum absolute atomic E-state index is 0.0101. The van der Waals surface area contributed by atoms with Crippen molar-refractivity contribution >= 4 is 41.4 Å². The Bertz CT molecular complexity index is 1890. The number of cyclic esters (lactones) is 1. The van der Waals surface area contributed by atoms with Crippen molar-refractivity contribution < 1.29 is 73.9 Å². The number of carbonyl (C=O) groups is 7. The number of esters is 1. The Morgan fingerprint density at radius 2 is 1.53 bits per heavy atom. The molecule has 0 aromatic heterocycles. The lowest BCUT2D eigenvalue weighted by Gasteiger charge is -2.48. The van der Waals surface area contributed by atoms with Crippen LogP contribution in [0.1, 0.15) is 127 Å². The van der Waals surface area contributed by atoms with Gasteiger partial charge in [-0.3, -0.25) is 49.2 Å². The Morgan fingerprint density at radius 1 is 0.882 bits per heavy atom. The molecule has 0 unspecified atom stereocenters. The molecule has 68 heavy (non-hydrogen) atoms. The zero-order valence-corrected chi connectivity index (χ0v) is 41.1. The molecule has 386 valence electrons. The highest BCUT2D eigenvalue weighted by atomic mass is 16.8. The van der Waals surface area contributed by atoms with Crippen molar-refractivity contribution in [3.05, 3.63) is 0 Å². The number of ether oxygens (including phenoxy) is 2. The number of fused-ring (bicyclic) bond motifs is 3. The number of β-amino-alcohol motifs (C(OH)–C–C–N with tert-alkyl or cyclic N) is 1. The molecular weight excluding hydrogens is 898 g/mol. The number of carbonyl (C=O) groups excluding carboxylic acids is 7. The van der Waals surface area contributed by atoms with Gasteiger partial charge in [-0.15, -0.1) is 0 Å². The highest BCUT2D eigenvalue weighted by molar-refractivity contribution is 5.98. The highest BCUT2D eigenvalue weighted by Gasteiger charge is 2.59. The van der Waals surface area contributed by atoms with Crippen LogP contribution in [0.5, 0.6) is 0 Å². The normalized spacial score (nSPS) is 36.6. The van der Waals surface area contributed by atoms with Gasteiger partial charge in [-0.2, -0.15) is 0 Å². The summed E-state index contributed by atoms with van der Waals surface area (Å²) in [5, 5.41) is 73.8. The van der Waals surface area contributed by atoms with E-state index in [4.69, 9.17) is 9.47 Å². The average molecular weight is 975 g/mol. The lowest BCUT2D eigenvalue weighted by Crippen LogP contribution is -2.70. The molecule has 23 nitrogen and oxygen atoms in total. The van der Waals surface area contributed by atoms with Crippen LogP contribution in [0.4, 0.5) is 0 Å². The molecule has 0 aliphatic carbocycles. The summed E-state index contributed by atoms with van der Waals surface area (Å²) in [6.07, 6.45) is -1.48.